The molecule has 0 spiro atoms. The lowest BCUT2D eigenvalue weighted by molar-refractivity contribution is -0.132. The number of aromatic nitrogens is 1. The van der Waals surface area contributed by atoms with Gasteiger partial charge >= 0.3 is 5.97 Å². The van der Waals surface area contributed by atoms with Crippen molar-refractivity contribution >= 4 is 28.7 Å². The molecule has 1 heterocycles. The quantitative estimate of drug-likeness (QED) is 0.443. The van der Waals surface area contributed by atoms with Crippen LogP contribution in [0.1, 0.15) is 64.4 Å². The molecular formula is C30H37N3O5. The zero-order valence-electron chi connectivity index (χ0n) is 22.9. The molecule has 1 aliphatic carbocycles. The van der Waals surface area contributed by atoms with Gasteiger partial charge < -0.3 is 24.2 Å². The number of benzene rings is 2. The molecule has 0 saturated heterocycles. The Balaban J connectivity index is 1.75. The standard InChI is InChI=1S/C30H37N3O5/c1-19(28(34)31(2)3)14-23-18-33(17-22-11-10-21(30(36)37)16-27(22)38-5)26-15-20(12-13-25(23)26)29(35)32(4)24-8-6-7-9-24/h10-13,15-16,18-19,24H,6-9,14,17H2,1-5H3,(H,36,37). The Morgan fingerprint density at radius 2 is 1.71 bits per heavy atom. The van der Waals surface area contributed by atoms with Crippen molar-refractivity contribution in [2.45, 2.75) is 51.6 Å². The lowest BCUT2D eigenvalue weighted by atomic mass is 9.99. The Morgan fingerprint density at radius 1 is 1.03 bits per heavy atom. The van der Waals surface area contributed by atoms with Crippen LogP contribution < -0.4 is 4.74 Å². The summed E-state index contributed by atoms with van der Waals surface area (Å²) in [4.78, 5) is 40.9. The molecule has 0 bridgehead atoms. The molecule has 0 radical (unpaired) electrons. The van der Waals surface area contributed by atoms with Crippen LogP contribution in [-0.4, -0.2) is 71.6 Å². The maximum Gasteiger partial charge on any atom is 0.335 e. The zero-order valence-corrected chi connectivity index (χ0v) is 22.9. The van der Waals surface area contributed by atoms with Gasteiger partial charge in [-0.25, -0.2) is 4.79 Å². The first-order chi connectivity index (χ1) is 18.1. The molecule has 8 heteroatoms. The highest BCUT2D eigenvalue weighted by Crippen LogP contribution is 2.30. The van der Waals surface area contributed by atoms with Crippen molar-refractivity contribution in [1.82, 2.24) is 14.4 Å². The van der Waals surface area contributed by atoms with Crippen molar-refractivity contribution in [2.75, 3.05) is 28.3 Å². The molecule has 1 saturated carbocycles. The molecule has 1 aromatic heterocycles. The maximum atomic E-state index is 13.4. The van der Waals surface area contributed by atoms with Gasteiger partial charge in [0.2, 0.25) is 5.91 Å². The van der Waals surface area contributed by atoms with E-state index >= 15 is 0 Å². The predicted octanol–water partition coefficient (Wildman–Crippen LogP) is 4.68. The van der Waals surface area contributed by atoms with Crippen molar-refractivity contribution in [2.24, 2.45) is 5.92 Å². The Kier molecular flexibility index (Phi) is 8.09. The van der Waals surface area contributed by atoms with Gasteiger partial charge in [-0.1, -0.05) is 31.9 Å². The summed E-state index contributed by atoms with van der Waals surface area (Å²) in [6.07, 6.45) is 6.97. The second-order valence-electron chi connectivity index (χ2n) is 10.5. The molecule has 1 fully saturated rings. The van der Waals surface area contributed by atoms with Crippen molar-refractivity contribution in [1.29, 1.82) is 0 Å². The van der Waals surface area contributed by atoms with E-state index in [9.17, 15) is 19.5 Å². The highest BCUT2D eigenvalue weighted by Gasteiger charge is 2.25. The second-order valence-corrected chi connectivity index (χ2v) is 10.5. The number of nitrogens with zero attached hydrogens (tertiary/aromatic N) is 3. The number of carboxylic acids is 1. The summed E-state index contributed by atoms with van der Waals surface area (Å²) in [6, 6.07) is 10.9. The third-order valence-corrected chi connectivity index (χ3v) is 7.67. The van der Waals surface area contributed by atoms with Crippen LogP contribution >= 0.6 is 0 Å². The highest BCUT2D eigenvalue weighted by molar-refractivity contribution is 5.99. The molecular weight excluding hydrogens is 482 g/mol. The maximum absolute atomic E-state index is 13.4. The molecule has 2 aromatic carbocycles. The summed E-state index contributed by atoms with van der Waals surface area (Å²) in [6.45, 7) is 2.35. The molecule has 1 atom stereocenters. The summed E-state index contributed by atoms with van der Waals surface area (Å²) in [5.74, 6) is -0.673. The minimum Gasteiger partial charge on any atom is -0.496 e. The molecule has 38 heavy (non-hydrogen) atoms. The number of aromatic carboxylic acids is 1. The van der Waals surface area contributed by atoms with Gasteiger partial charge in [-0.05, 0) is 49.1 Å². The number of carbonyl (C=O) groups excluding carboxylic acids is 2. The first kappa shape index (κ1) is 27.2. The second kappa shape index (κ2) is 11.3. The van der Waals surface area contributed by atoms with Crippen LogP contribution in [-0.2, 0) is 17.8 Å². The van der Waals surface area contributed by atoms with Crippen LogP contribution in [0.5, 0.6) is 5.75 Å². The van der Waals surface area contributed by atoms with Crippen molar-refractivity contribution in [3.8, 4) is 5.75 Å². The van der Waals surface area contributed by atoms with Crippen LogP contribution in [0, 0.1) is 5.92 Å². The Hall–Kier alpha value is -3.81. The first-order valence-electron chi connectivity index (χ1n) is 13.1. The zero-order chi connectivity index (χ0) is 27.6. The Labute approximate surface area is 223 Å². The topological polar surface area (TPSA) is 92.1 Å². The predicted molar refractivity (Wildman–Crippen MR) is 147 cm³/mol. The van der Waals surface area contributed by atoms with E-state index in [2.05, 4.69) is 4.57 Å². The number of fused-ring (bicyclic) bond motifs is 1. The molecule has 202 valence electrons. The van der Waals surface area contributed by atoms with E-state index in [-0.39, 0.29) is 29.3 Å². The lowest BCUT2D eigenvalue weighted by Gasteiger charge is -2.24. The Bertz CT molecular complexity index is 1350. The fourth-order valence-electron chi connectivity index (χ4n) is 5.51. The minimum atomic E-state index is -1.02. The number of methoxy groups -OCH3 is 1. The molecule has 1 aliphatic rings. The first-order valence-corrected chi connectivity index (χ1v) is 13.1. The third-order valence-electron chi connectivity index (χ3n) is 7.67. The molecule has 1 unspecified atom stereocenters. The molecule has 0 aliphatic heterocycles. The van der Waals surface area contributed by atoms with E-state index in [1.165, 1.54) is 13.2 Å². The van der Waals surface area contributed by atoms with E-state index in [4.69, 9.17) is 4.74 Å². The normalized spacial score (nSPS) is 14.4. The lowest BCUT2D eigenvalue weighted by Crippen LogP contribution is -2.35. The average Bonchev–Trinajstić information content (AvgIpc) is 3.56. The Morgan fingerprint density at radius 3 is 2.34 bits per heavy atom. The SMILES string of the molecule is COc1cc(C(=O)O)ccc1Cn1cc(CC(C)C(=O)N(C)C)c2ccc(C(=O)N(C)C3CCCC3)cc21. The van der Waals surface area contributed by atoms with Gasteiger partial charge in [-0.3, -0.25) is 9.59 Å². The fourth-order valence-corrected chi connectivity index (χ4v) is 5.51. The summed E-state index contributed by atoms with van der Waals surface area (Å²) in [5.41, 5.74) is 3.51. The van der Waals surface area contributed by atoms with Gasteiger partial charge in [0.05, 0.1) is 19.2 Å². The average molecular weight is 520 g/mol. The van der Waals surface area contributed by atoms with Crippen molar-refractivity contribution < 1.29 is 24.2 Å². The summed E-state index contributed by atoms with van der Waals surface area (Å²) < 4.78 is 7.57. The minimum absolute atomic E-state index is 0.00708. The monoisotopic (exact) mass is 519 g/mol. The number of carboxylic acid groups (broad SMARTS) is 1. The van der Waals surface area contributed by atoms with Gasteiger partial charge in [0.1, 0.15) is 5.75 Å². The van der Waals surface area contributed by atoms with E-state index in [1.54, 1.807) is 31.1 Å². The number of carbonyl (C=O) groups is 3. The van der Waals surface area contributed by atoms with E-state index < -0.39 is 5.97 Å². The van der Waals surface area contributed by atoms with Gasteiger partial charge in [0.25, 0.3) is 5.91 Å². The largest absolute Gasteiger partial charge is 0.496 e. The number of amides is 2. The van der Waals surface area contributed by atoms with Gasteiger partial charge in [0.15, 0.2) is 0 Å². The number of hydrogen-bond acceptors (Lipinski definition) is 4. The van der Waals surface area contributed by atoms with Gasteiger partial charge in [-0.2, -0.15) is 0 Å². The van der Waals surface area contributed by atoms with E-state index in [0.717, 1.165) is 47.7 Å². The molecule has 3 aromatic rings. The summed E-state index contributed by atoms with van der Waals surface area (Å²) in [7, 11) is 6.92. The third kappa shape index (κ3) is 5.54. The summed E-state index contributed by atoms with van der Waals surface area (Å²) >= 11 is 0. The number of rotatable bonds is 9. The van der Waals surface area contributed by atoms with Crippen LogP contribution in [0.2, 0.25) is 0 Å². The molecule has 8 nitrogen and oxygen atoms in total. The summed E-state index contributed by atoms with van der Waals surface area (Å²) in [5, 5.41) is 10.4. The van der Waals surface area contributed by atoms with Gasteiger partial charge in [0, 0.05) is 61.3 Å². The highest BCUT2D eigenvalue weighted by atomic mass is 16.5. The number of ether oxygens (including phenoxy) is 1. The van der Waals surface area contributed by atoms with E-state index in [0.29, 0.717) is 24.3 Å². The van der Waals surface area contributed by atoms with Crippen LogP contribution in [0.25, 0.3) is 10.9 Å². The molecule has 1 N–H and O–H groups in total. The van der Waals surface area contributed by atoms with Gasteiger partial charge in [-0.15, -0.1) is 0 Å². The van der Waals surface area contributed by atoms with Crippen LogP contribution in [0.15, 0.2) is 42.6 Å². The number of hydrogen-bond donors (Lipinski definition) is 1. The molecule has 2 amide bonds. The van der Waals surface area contributed by atoms with Crippen LogP contribution in [0.3, 0.4) is 0 Å². The van der Waals surface area contributed by atoms with Crippen molar-refractivity contribution in [3.63, 3.8) is 0 Å². The fraction of sp³-hybridized carbons (Fsp3) is 0.433. The van der Waals surface area contributed by atoms with E-state index in [1.807, 2.05) is 43.3 Å². The van der Waals surface area contributed by atoms with Crippen LogP contribution in [0.4, 0.5) is 0 Å². The molecule has 4 rings (SSSR count). The smallest absolute Gasteiger partial charge is 0.335 e. The van der Waals surface area contributed by atoms with Crippen molar-refractivity contribution in [3.05, 3.63) is 64.8 Å².